The molecule has 0 fully saturated rings. The van der Waals surface area contributed by atoms with Crippen LogP contribution in [0.15, 0.2) is 38.3 Å². The van der Waals surface area contributed by atoms with E-state index in [2.05, 4.69) is 20.7 Å². The lowest BCUT2D eigenvalue weighted by molar-refractivity contribution is 0.568. The second kappa shape index (κ2) is 5.97. The predicted octanol–water partition coefficient (Wildman–Crippen LogP) is 4.17. The Hall–Kier alpha value is -0.690. The van der Waals surface area contributed by atoms with Crippen molar-refractivity contribution in [2.24, 2.45) is 0 Å². The average molecular weight is 374 g/mol. The third-order valence-corrected chi connectivity index (χ3v) is 6.70. The molecule has 0 aliphatic heterocycles. The molecule has 0 saturated heterocycles. The first-order chi connectivity index (χ1) is 9.29. The van der Waals surface area contributed by atoms with E-state index in [4.69, 9.17) is 0 Å². The molecule has 1 N–H and O–H groups in total. The van der Waals surface area contributed by atoms with E-state index in [0.717, 1.165) is 20.5 Å². The van der Waals surface area contributed by atoms with Gasteiger partial charge in [-0.25, -0.2) is 13.1 Å². The first kappa shape index (κ1) is 15.7. The molecule has 1 unspecified atom stereocenters. The first-order valence-electron chi connectivity index (χ1n) is 6.14. The Morgan fingerprint density at radius 3 is 2.50 bits per heavy atom. The highest BCUT2D eigenvalue weighted by Crippen LogP contribution is 2.28. The third kappa shape index (κ3) is 3.49. The molecule has 1 aromatic heterocycles. The second-order valence-electron chi connectivity index (χ2n) is 4.76. The van der Waals surface area contributed by atoms with Gasteiger partial charge in [0.1, 0.15) is 4.21 Å². The lowest BCUT2D eigenvalue weighted by Crippen LogP contribution is -2.26. The van der Waals surface area contributed by atoms with Gasteiger partial charge in [-0.05, 0) is 60.0 Å². The molecule has 0 amide bonds. The summed E-state index contributed by atoms with van der Waals surface area (Å²) in [5.74, 6) is 0. The predicted molar refractivity (Wildman–Crippen MR) is 86.7 cm³/mol. The fourth-order valence-electron chi connectivity index (χ4n) is 2.02. The van der Waals surface area contributed by atoms with Crippen molar-refractivity contribution in [2.75, 3.05) is 0 Å². The summed E-state index contributed by atoms with van der Waals surface area (Å²) < 4.78 is 28.5. The van der Waals surface area contributed by atoms with Crippen molar-refractivity contribution in [3.8, 4) is 0 Å². The number of halogens is 1. The summed E-state index contributed by atoms with van der Waals surface area (Å²) in [6, 6.07) is 9.13. The zero-order valence-corrected chi connectivity index (χ0v) is 14.7. The van der Waals surface area contributed by atoms with Crippen LogP contribution < -0.4 is 4.72 Å². The Balaban J connectivity index is 2.27. The highest BCUT2D eigenvalue weighted by Gasteiger charge is 2.21. The normalized spacial score (nSPS) is 13.4. The maximum absolute atomic E-state index is 12.3. The van der Waals surface area contributed by atoms with Crippen LogP contribution in [-0.4, -0.2) is 8.42 Å². The molecule has 1 aromatic carbocycles. The smallest absolute Gasteiger partial charge is 0.206 e. The summed E-state index contributed by atoms with van der Waals surface area (Å²) in [6.45, 7) is 5.85. The van der Waals surface area contributed by atoms with E-state index in [0.29, 0.717) is 4.21 Å². The van der Waals surface area contributed by atoms with Crippen molar-refractivity contribution in [1.29, 1.82) is 0 Å². The Morgan fingerprint density at radius 2 is 1.90 bits per heavy atom. The molecule has 1 heterocycles. The van der Waals surface area contributed by atoms with Gasteiger partial charge in [-0.3, -0.25) is 0 Å². The van der Waals surface area contributed by atoms with Crippen LogP contribution in [-0.2, 0) is 10.0 Å². The number of benzene rings is 1. The van der Waals surface area contributed by atoms with Crippen molar-refractivity contribution in [2.45, 2.75) is 31.0 Å². The SMILES string of the molecule is Cc1ccc(C)c(C(C)NS(=O)(=O)c2ccc(Br)s2)c1. The molecule has 2 rings (SSSR count). The van der Waals surface area contributed by atoms with Gasteiger partial charge >= 0.3 is 0 Å². The molecule has 20 heavy (non-hydrogen) atoms. The molecule has 2 aromatic rings. The maximum atomic E-state index is 12.3. The number of hydrogen-bond acceptors (Lipinski definition) is 3. The van der Waals surface area contributed by atoms with Crippen molar-refractivity contribution in [1.82, 2.24) is 4.72 Å². The molecule has 0 spiro atoms. The first-order valence-corrected chi connectivity index (χ1v) is 9.23. The van der Waals surface area contributed by atoms with Crippen LogP contribution in [0.2, 0.25) is 0 Å². The van der Waals surface area contributed by atoms with Crippen molar-refractivity contribution in [3.05, 3.63) is 50.8 Å². The molecule has 0 radical (unpaired) electrons. The molecule has 0 aliphatic carbocycles. The number of aryl methyl sites for hydroxylation is 2. The van der Waals surface area contributed by atoms with Crippen LogP contribution in [0.25, 0.3) is 0 Å². The van der Waals surface area contributed by atoms with Gasteiger partial charge in [-0.1, -0.05) is 23.8 Å². The average Bonchev–Trinajstić information content (AvgIpc) is 2.79. The van der Waals surface area contributed by atoms with E-state index in [1.807, 2.05) is 39.0 Å². The van der Waals surface area contributed by atoms with Gasteiger partial charge in [-0.2, -0.15) is 0 Å². The van der Waals surface area contributed by atoms with Gasteiger partial charge in [0.15, 0.2) is 0 Å². The van der Waals surface area contributed by atoms with E-state index in [-0.39, 0.29) is 6.04 Å². The number of thiophene rings is 1. The largest absolute Gasteiger partial charge is 0.250 e. The molecule has 108 valence electrons. The van der Waals surface area contributed by atoms with E-state index in [1.165, 1.54) is 11.3 Å². The van der Waals surface area contributed by atoms with Gasteiger partial charge in [0.2, 0.25) is 0 Å². The topological polar surface area (TPSA) is 46.2 Å². The molecule has 0 aliphatic rings. The van der Waals surface area contributed by atoms with Crippen LogP contribution in [0, 0.1) is 13.8 Å². The molecule has 0 saturated carbocycles. The minimum Gasteiger partial charge on any atom is -0.206 e. The third-order valence-electron chi connectivity index (χ3n) is 3.05. The Kier molecular flexibility index (Phi) is 4.69. The minimum absolute atomic E-state index is 0.263. The number of hydrogen-bond donors (Lipinski definition) is 1. The van der Waals surface area contributed by atoms with Crippen LogP contribution >= 0.6 is 27.3 Å². The fraction of sp³-hybridized carbons (Fsp3) is 0.286. The molecular formula is C14H16BrNO2S2. The molecular weight excluding hydrogens is 358 g/mol. The molecule has 6 heteroatoms. The Bertz CT molecular complexity index is 723. The zero-order chi connectivity index (χ0) is 14.9. The minimum atomic E-state index is -3.48. The summed E-state index contributed by atoms with van der Waals surface area (Å²) in [6.07, 6.45) is 0. The Labute approximate surface area is 132 Å². The summed E-state index contributed by atoms with van der Waals surface area (Å²) in [4.78, 5) is 0. The summed E-state index contributed by atoms with van der Waals surface area (Å²) in [7, 11) is -3.48. The number of rotatable bonds is 4. The highest BCUT2D eigenvalue weighted by atomic mass is 79.9. The molecule has 3 nitrogen and oxygen atoms in total. The van der Waals surface area contributed by atoms with Crippen LogP contribution in [0.5, 0.6) is 0 Å². The maximum Gasteiger partial charge on any atom is 0.250 e. The summed E-state index contributed by atoms with van der Waals surface area (Å²) in [5.41, 5.74) is 3.21. The van der Waals surface area contributed by atoms with Crippen LogP contribution in [0.1, 0.15) is 29.7 Å². The highest BCUT2D eigenvalue weighted by molar-refractivity contribution is 9.11. The van der Waals surface area contributed by atoms with Crippen molar-refractivity contribution in [3.63, 3.8) is 0 Å². The standard InChI is InChI=1S/C14H16BrNO2S2/c1-9-4-5-10(2)12(8-9)11(3)16-20(17,18)14-7-6-13(15)19-14/h4-8,11,16H,1-3H3. The monoisotopic (exact) mass is 373 g/mol. The summed E-state index contributed by atoms with van der Waals surface area (Å²) >= 11 is 4.49. The molecule has 0 bridgehead atoms. The zero-order valence-electron chi connectivity index (χ0n) is 11.5. The van der Waals surface area contributed by atoms with Gasteiger partial charge in [0.05, 0.1) is 3.79 Å². The van der Waals surface area contributed by atoms with Gasteiger partial charge < -0.3 is 0 Å². The summed E-state index contributed by atoms with van der Waals surface area (Å²) in [5, 5.41) is 0. The van der Waals surface area contributed by atoms with Crippen molar-refractivity contribution >= 4 is 37.3 Å². The lowest BCUT2D eigenvalue weighted by Gasteiger charge is -2.16. The second-order valence-corrected chi connectivity index (χ2v) is 9.17. The van der Waals surface area contributed by atoms with Crippen LogP contribution in [0.4, 0.5) is 0 Å². The van der Waals surface area contributed by atoms with E-state index < -0.39 is 10.0 Å². The van der Waals surface area contributed by atoms with Crippen LogP contribution in [0.3, 0.4) is 0 Å². The van der Waals surface area contributed by atoms with Gasteiger partial charge in [0.25, 0.3) is 10.0 Å². The van der Waals surface area contributed by atoms with E-state index >= 15 is 0 Å². The van der Waals surface area contributed by atoms with E-state index in [9.17, 15) is 8.42 Å². The Morgan fingerprint density at radius 1 is 1.20 bits per heavy atom. The molecule has 1 atom stereocenters. The van der Waals surface area contributed by atoms with Crippen molar-refractivity contribution < 1.29 is 8.42 Å². The van der Waals surface area contributed by atoms with E-state index in [1.54, 1.807) is 12.1 Å². The lowest BCUT2D eigenvalue weighted by atomic mass is 10.0. The van der Waals surface area contributed by atoms with Gasteiger partial charge in [-0.15, -0.1) is 11.3 Å². The fourth-order valence-corrected chi connectivity index (χ4v) is 5.27. The quantitative estimate of drug-likeness (QED) is 0.873. The number of sulfonamides is 1. The number of nitrogens with one attached hydrogen (secondary N) is 1. The van der Waals surface area contributed by atoms with Gasteiger partial charge in [0, 0.05) is 6.04 Å².